The van der Waals surface area contributed by atoms with Crippen LogP contribution < -0.4 is 10.6 Å². The lowest BCUT2D eigenvalue weighted by atomic mass is 10.4. The number of nitrogens with one attached hydrogen (secondary N) is 2. The highest BCUT2D eigenvalue weighted by Crippen LogP contribution is 2.08. The predicted octanol–water partition coefficient (Wildman–Crippen LogP) is 1.37. The molecule has 0 saturated heterocycles. The Bertz CT molecular complexity index is 361. The van der Waals surface area contributed by atoms with Crippen LogP contribution in [0.5, 0.6) is 0 Å². The maximum atomic E-state index is 11.3. The fourth-order valence-electron chi connectivity index (χ4n) is 1.17. The van der Waals surface area contributed by atoms with Crippen molar-refractivity contribution in [3.63, 3.8) is 0 Å². The third kappa shape index (κ3) is 4.44. The number of halogens is 1. The molecule has 6 heteroatoms. The highest BCUT2D eigenvalue weighted by Gasteiger charge is 2.04. The van der Waals surface area contributed by atoms with E-state index in [-0.39, 0.29) is 23.8 Å². The van der Waals surface area contributed by atoms with Gasteiger partial charge in [-0.2, -0.15) is 0 Å². The van der Waals surface area contributed by atoms with E-state index in [1.165, 1.54) is 0 Å². The van der Waals surface area contributed by atoms with Crippen molar-refractivity contribution < 1.29 is 4.79 Å². The van der Waals surface area contributed by atoms with E-state index in [2.05, 4.69) is 20.6 Å². The Morgan fingerprint density at radius 2 is 2.19 bits per heavy atom. The molecule has 2 N–H and O–H groups in total. The van der Waals surface area contributed by atoms with Crippen molar-refractivity contribution in [2.45, 2.75) is 26.8 Å². The summed E-state index contributed by atoms with van der Waals surface area (Å²) in [6, 6.07) is 1.86. The summed E-state index contributed by atoms with van der Waals surface area (Å²) in [5.41, 5.74) is 0.756. The zero-order valence-corrected chi connectivity index (χ0v) is 10.3. The average molecular weight is 243 g/mol. The van der Waals surface area contributed by atoms with Gasteiger partial charge in [0.15, 0.2) is 0 Å². The van der Waals surface area contributed by atoms with Gasteiger partial charge in [-0.3, -0.25) is 4.79 Å². The Morgan fingerprint density at radius 1 is 1.50 bits per heavy atom. The second kappa shape index (κ2) is 5.65. The molecular formula is C10H15ClN4O. The minimum absolute atomic E-state index is 0.0811. The summed E-state index contributed by atoms with van der Waals surface area (Å²) in [7, 11) is 0. The first-order chi connectivity index (χ1) is 7.47. The zero-order chi connectivity index (χ0) is 12.1. The topological polar surface area (TPSA) is 66.9 Å². The van der Waals surface area contributed by atoms with Gasteiger partial charge in [0, 0.05) is 17.8 Å². The van der Waals surface area contributed by atoms with Crippen LogP contribution in [0.25, 0.3) is 0 Å². The van der Waals surface area contributed by atoms with E-state index >= 15 is 0 Å². The second-order valence-corrected chi connectivity index (χ2v) is 4.08. The van der Waals surface area contributed by atoms with Crippen molar-refractivity contribution >= 4 is 23.3 Å². The van der Waals surface area contributed by atoms with Gasteiger partial charge in [-0.05, 0) is 32.4 Å². The van der Waals surface area contributed by atoms with Gasteiger partial charge in [-0.15, -0.1) is 0 Å². The van der Waals surface area contributed by atoms with E-state index in [1.807, 2.05) is 20.8 Å². The number of rotatable bonds is 4. The van der Waals surface area contributed by atoms with Gasteiger partial charge in [-0.25, -0.2) is 9.97 Å². The first-order valence-corrected chi connectivity index (χ1v) is 5.39. The smallest absolute Gasteiger partial charge is 0.239 e. The van der Waals surface area contributed by atoms with E-state index in [0.29, 0.717) is 5.82 Å². The molecule has 1 heterocycles. The Labute approximate surface area is 99.6 Å². The van der Waals surface area contributed by atoms with E-state index < -0.39 is 0 Å². The molecular weight excluding hydrogens is 228 g/mol. The van der Waals surface area contributed by atoms with Crippen LogP contribution in [0.2, 0.25) is 5.28 Å². The molecule has 0 aliphatic rings. The van der Waals surface area contributed by atoms with E-state index in [4.69, 9.17) is 11.6 Å². The minimum atomic E-state index is -0.0811. The largest absolute Gasteiger partial charge is 0.361 e. The summed E-state index contributed by atoms with van der Waals surface area (Å²) >= 11 is 5.69. The molecule has 88 valence electrons. The lowest BCUT2D eigenvalue weighted by Gasteiger charge is -2.09. The van der Waals surface area contributed by atoms with E-state index in [9.17, 15) is 4.79 Å². The molecule has 0 radical (unpaired) electrons. The molecule has 0 aliphatic heterocycles. The fraction of sp³-hybridized carbons (Fsp3) is 0.500. The first kappa shape index (κ1) is 12.7. The molecule has 0 unspecified atom stereocenters. The molecule has 0 aliphatic carbocycles. The molecule has 1 aromatic rings. The number of carbonyl (C=O) groups is 1. The van der Waals surface area contributed by atoms with Crippen molar-refractivity contribution in [2.75, 3.05) is 11.9 Å². The standard InChI is InChI=1S/C10H15ClN4O/c1-6(2)13-9(16)5-12-8-4-7(3)14-10(11)15-8/h4,6H,5H2,1-3H3,(H,13,16)(H,12,14,15). The number of hydrogen-bond donors (Lipinski definition) is 2. The average Bonchev–Trinajstić information content (AvgIpc) is 2.12. The van der Waals surface area contributed by atoms with Gasteiger partial charge in [0.1, 0.15) is 5.82 Å². The summed E-state index contributed by atoms with van der Waals surface area (Å²) in [6.07, 6.45) is 0. The lowest BCUT2D eigenvalue weighted by molar-refractivity contribution is -0.119. The molecule has 5 nitrogen and oxygen atoms in total. The SMILES string of the molecule is Cc1cc(NCC(=O)NC(C)C)nc(Cl)n1. The van der Waals surface area contributed by atoms with Crippen LogP contribution in [0.15, 0.2) is 6.07 Å². The highest BCUT2D eigenvalue weighted by atomic mass is 35.5. The maximum Gasteiger partial charge on any atom is 0.239 e. The van der Waals surface area contributed by atoms with Crippen molar-refractivity contribution in [1.29, 1.82) is 0 Å². The molecule has 0 aromatic carbocycles. The Balaban J connectivity index is 2.51. The quantitative estimate of drug-likeness (QED) is 0.783. The van der Waals surface area contributed by atoms with Gasteiger partial charge < -0.3 is 10.6 Å². The highest BCUT2D eigenvalue weighted by molar-refractivity contribution is 6.28. The number of nitrogens with zero attached hydrogens (tertiary/aromatic N) is 2. The van der Waals surface area contributed by atoms with Gasteiger partial charge in [0.05, 0.1) is 6.54 Å². The summed E-state index contributed by atoms with van der Waals surface area (Å²) in [5, 5.41) is 5.82. The Hall–Kier alpha value is -1.36. The molecule has 1 aromatic heterocycles. The van der Waals surface area contributed by atoms with E-state index in [0.717, 1.165) is 5.69 Å². The molecule has 16 heavy (non-hydrogen) atoms. The lowest BCUT2D eigenvalue weighted by Crippen LogP contribution is -2.35. The molecule has 0 spiro atoms. The number of aryl methyl sites for hydroxylation is 1. The molecule has 1 amide bonds. The maximum absolute atomic E-state index is 11.3. The third-order valence-electron chi connectivity index (χ3n) is 1.71. The zero-order valence-electron chi connectivity index (χ0n) is 9.54. The Morgan fingerprint density at radius 3 is 2.75 bits per heavy atom. The third-order valence-corrected chi connectivity index (χ3v) is 1.88. The summed E-state index contributed by atoms with van der Waals surface area (Å²) in [4.78, 5) is 19.2. The Kier molecular flexibility index (Phi) is 4.49. The molecule has 0 fully saturated rings. The summed E-state index contributed by atoms with van der Waals surface area (Å²) in [5.74, 6) is 0.471. The van der Waals surface area contributed by atoms with Gasteiger partial charge in [-0.1, -0.05) is 0 Å². The van der Waals surface area contributed by atoms with Crippen molar-refractivity contribution in [3.8, 4) is 0 Å². The number of carbonyl (C=O) groups excluding carboxylic acids is 1. The normalized spacial score (nSPS) is 10.3. The fourth-order valence-corrected chi connectivity index (χ4v) is 1.39. The molecule has 0 bridgehead atoms. The van der Waals surface area contributed by atoms with Crippen LogP contribution >= 0.6 is 11.6 Å². The minimum Gasteiger partial charge on any atom is -0.361 e. The van der Waals surface area contributed by atoms with Crippen molar-refractivity contribution in [1.82, 2.24) is 15.3 Å². The van der Waals surface area contributed by atoms with Gasteiger partial charge >= 0.3 is 0 Å². The monoisotopic (exact) mass is 242 g/mol. The van der Waals surface area contributed by atoms with Crippen molar-refractivity contribution in [3.05, 3.63) is 17.0 Å². The second-order valence-electron chi connectivity index (χ2n) is 3.74. The van der Waals surface area contributed by atoms with Gasteiger partial charge in [0.25, 0.3) is 0 Å². The molecule has 0 saturated carbocycles. The number of hydrogen-bond acceptors (Lipinski definition) is 4. The first-order valence-electron chi connectivity index (χ1n) is 5.02. The predicted molar refractivity (Wildman–Crippen MR) is 63.5 cm³/mol. The van der Waals surface area contributed by atoms with Crippen LogP contribution in [-0.4, -0.2) is 28.5 Å². The van der Waals surface area contributed by atoms with Crippen LogP contribution in [0.1, 0.15) is 19.5 Å². The van der Waals surface area contributed by atoms with E-state index in [1.54, 1.807) is 6.07 Å². The van der Waals surface area contributed by atoms with Gasteiger partial charge in [0.2, 0.25) is 11.2 Å². The van der Waals surface area contributed by atoms with Crippen molar-refractivity contribution in [2.24, 2.45) is 0 Å². The molecule has 1 rings (SSSR count). The number of amides is 1. The van der Waals surface area contributed by atoms with Crippen LogP contribution in [0.4, 0.5) is 5.82 Å². The van der Waals surface area contributed by atoms with Crippen LogP contribution in [0.3, 0.4) is 0 Å². The number of anilines is 1. The summed E-state index contributed by atoms with van der Waals surface area (Å²) < 4.78 is 0. The van der Waals surface area contributed by atoms with Crippen LogP contribution in [0, 0.1) is 6.92 Å². The van der Waals surface area contributed by atoms with Crippen LogP contribution in [-0.2, 0) is 4.79 Å². The molecule has 0 atom stereocenters. The summed E-state index contributed by atoms with van der Waals surface area (Å²) in [6.45, 7) is 5.80. The number of aromatic nitrogens is 2.